The molecule has 0 radical (unpaired) electrons. The van der Waals surface area contributed by atoms with Gasteiger partial charge >= 0.3 is 11.9 Å². The van der Waals surface area contributed by atoms with Crippen LogP contribution in [0.5, 0.6) is 0 Å². The monoisotopic (exact) mass is 280 g/mol. The highest BCUT2D eigenvalue weighted by molar-refractivity contribution is 5.81. The van der Waals surface area contributed by atoms with Gasteiger partial charge in [0.2, 0.25) is 0 Å². The normalized spacial score (nSPS) is 21.6. The van der Waals surface area contributed by atoms with Gasteiger partial charge in [-0.15, -0.1) is 0 Å². The zero-order valence-corrected chi connectivity index (χ0v) is 12.0. The fourth-order valence-corrected chi connectivity index (χ4v) is 3.25. The molecule has 1 atom stereocenters. The van der Waals surface area contributed by atoms with E-state index in [0.29, 0.717) is 5.92 Å². The van der Waals surface area contributed by atoms with Crippen molar-refractivity contribution in [3.05, 3.63) is 12.7 Å². The molecule has 2 fully saturated rings. The molecule has 0 saturated heterocycles. The van der Waals surface area contributed by atoms with E-state index in [4.69, 9.17) is 9.47 Å². The fraction of sp³-hybridized carbons (Fsp3) is 0.750. The molecule has 0 aromatic carbocycles. The quantitative estimate of drug-likeness (QED) is 0.554. The molecule has 4 heteroatoms. The van der Waals surface area contributed by atoms with Crippen LogP contribution in [0.2, 0.25) is 0 Å². The third kappa shape index (κ3) is 4.09. The number of carbonyl (C=O) groups excluding carboxylic acids is 2. The van der Waals surface area contributed by atoms with Crippen LogP contribution >= 0.6 is 0 Å². The molecule has 2 saturated carbocycles. The van der Waals surface area contributed by atoms with E-state index in [1.54, 1.807) is 0 Å². The van der Waals surface area contributed by atoms with Crippen LogP contribution in [0, 0.1) is 11.8 Å². The van der Waals surface area contributed by atoms with E-state index in [9.17, 15) is 9.59 Å². The van der Waals surface area contributed by atoms with Crippen molar-refractivity contribution in [2.24, 2.45) is 11.8 Å². The predicted octanol–water partition coefficient (Wildman–Crippen LogP) is 3.01. The molecule has 0 spiro atoms. The standard InChI is InChI=1S/C16H24O4/c1-2-15(17)19-11-14(12-7-3-4-8-12)16(18)20-13-9-5-6-10-13/h2,12-14H,1,3-11H2. The van der Waals surface area contributed by atoms with E-state index in [0.717, 1.165) is 57.4 Å². The second kappa shape index (κ2) is 7.46. The molecule has 2 aliphatic rings. The SMILES string of the molecule is C=CC(=O)OCC(C(=O)OC1CCCC1)C1CCCC1. The summed E-state index contributed by atoms with van der Waals surface area (Å²) in [6.45, 7) is 3.50. The highest BCUT2D eigenvalue weighted by atomic mass is 16.6. The summed E-state index contributed by atoms with van der Waals surface area (Å²) in [6, 6.07) is 0. The van der Waals surface area contributed by atoms with Crippen molar-refractivity contribution in [3.63, 3.8) is 0 Å². The van der Waals surface area contributed by atoms with Crippen LogP contribution in [-0.2, 0) is 19.1 Å². The van der Waals surface area contributed by atoms with Crippen LogP contribution in [0.3, 0.4) is 0 Å². The van der Waals surface area contributed by atoms with Crippen molar-refractivity contribution in [1.29, 1.82) is 0 Å². The molecule has 0 N–H and O–H groups in total. The van der Waals surface area contributed by atoms with Gasteiger partial charge in [0.25, 0.3) is 0 Å². The summed E-state index contributed by atoms with van der Waals surface area (Å²) in [5, 5.41) is 0. The van der Waals surface area contributed by atoms with Crippen LogP contribution in [0.4, 0.5) is 0 Å². The van der Waals surface area contributed by atoms with Crippen molar-refractivity contribution < 1.29 is 19.1 Å². The Balaban J connectivity index is 1.90. The van der Waals surface area contributed by atoms with Crippen LogP contribution in [0.25, 0.3) is 0 Å². The molecule has 0 aromatic rings. The molecule has 2 rings (SSSR count). The Kier molecular flexibility index (Phi) is 5.62. The van der Waals surface area contributed by atoms with Gasteiger partial charge in [-0.2, -0.15) is 0 Å². The lowest BCUT2D eigenvalue weighted by molar-refractivity contribution is -0.160. The molecule has 112 valence electrons. The summed E-state index contributed by atoms with van der Waals surface area (Å²) in [7, 11) is 0. The number of esters is 2. The van der Waals surface area contributed by atoms with Gasteiger partial charge in [0.1, 0.15) is 12.7 Å². The van der Waals surface area contributed by atoms with Gasteiger partial charge in [-0.05, 0) is 44.4 Å². The first-order valence-electron chi connectivity index (χ1n) is 7.70. The summed E-state index contributed by atoms with van der Waals surface area (Å²) >= 11 is 0. The minimum atomic E-state index is -0.471. The molecule has 4 nitrogen and oxygen atoms in total. The van der Waals surface area contributed by atoms with Gasteiger partial charge in [0.05, 0.1) is 5.92 Å². The molecule has 2 aliphatic carbocycles. The average Bonchev–Trinajstić information content (AvgIpc) is 3.12. The average molecular weight is 280 g/mol. The van der Waals surface area contributed by atoms with Gasteiger partial charge in [0, 0.05) is 6.08 Å². The van der Waals surface area contributed by atoms with E-state index in [2.05, 4.69) is 6.58 Å². The Morgan fingerprint density at radius 2 is 1.70 bits per heavy atom. The Morgan fingerprint density at radius 1 is 1.10 bits per heavy atom. The lowest BCUT2D eigenvalue weighted by atomic mass is 9.91. The smallest absolute Gasteiger partial charge is 0.330 e. The molecule has 0 amide bonds. The third-order valence-corrected chi connectivity index (χ3v) is 4.43. The first-order chi connectivity index (χ1) is 9.70. The largest absolute Gasteiger partial charge is 0.462 e. The summed E-state index contributed by atoms with van der Waals surface area (Å²) in [6.07, 6.45) is 9.75. The van der Waals surface area contributed by atoms with Crippen molar-refractivity contribution in [3.8, 4) is 0 Å². The highest BCUT2D eigenvalue weighted by Gasteiger charge is 2.34. The van der Waals surface area contributed by atoms with Gasteiger partial charge < -0.3 is 9.47 Å². The minimum Gasteiger partial charge on any atom is -0.462 e. The van der Waals surface area contributed by atoms with Crippen LogP contribution in [0.15, 0.2) is 12.7 Å². The topological polar surface area (TPSA) is 52.6 Å². The van der Waals surface area contributed by atoms with E-state index in [1.807, 2.05) is 0 Å². The van der Waals surface area contributed by atoms with Crippen LogP contribution in [0.1, 0.15) is 51.4 Å². The minimum absolute atomic E-state index is 0.0708. The summed E-state index contributed by atoms with van der Waals surface area (Å²) in [5.74, 6) is -0.661. The molecule has 0 bridgehead atoms. The number of hydrogen-bond donors (Lipinski definition) is 0. The Morgan fingerprint density at radius 3 is 2.30 bits per heavy atom. The molecule has 0 heterocycles. The van der Waals surface area contributed by atoms with Crippen LogP contribution < -0.4 is 0 Å². The van der Waals surface area contributed by atoms with Crippen LogP contribution in [-0.4, -0.2) is 24.6 Å². The fourth-order valence-electron chi connectivity index (χ4n) is 3.25. The molecule has 0 aliphatic heterocycles. The molecular formula is C16H24O4. The van der Waals surface area contributed by atoms with Crippen molar-refractivity contribution in [1.82, 2.24) is 0 Å². The maximum Gasteiger partial charge on any atom is 0.330 e. The number of rotatable bonds is 6. The zero-order chi connectivity index (χ0) is 14.4. The van der Waals surface area contributed by atoms with Gasteiger partial charge in [-0.25, -0.2) is 4.79 Å². The second-order valence-corrected chi connectivity index (χ2v) is 5.83. The zero-order valence-electron chi connectivity index (χ0n) is 12.0. The van der Waals surface area contributed by atoms with Crippen molar-refractivity contribution in [2.45, 2.75) is 57.5 Å². The van der Waals surface area contributed by atoms with Crippen molar-refractivity contribution >= 4 is 11.9 Å². The van der Waals surface area contributed by atoms with Gasteiger partial charge in [-0.1, -0.05) is 19.4 Å². The molecule has 1 unspecified atom stereocenters. The lowest BCUT2D eigenvalue weighted by Crippen LogP contribution is -2.32. The van der Waals surface area contributed by atoms with E-state index >= 15 is 0 Å². The lowest BCUT2D eigenvalue weighted by Gasteiger charge is -2.23. The predicted molar refractivity (Wildman–Crippen MR) is 75.0 cm³/mol. The maximum absolute atomic E-state index is 12.3. The summed E-state index contributed by atoms with van der Waals surface area (Å²) in [5.41, 5.74) is 0. The summed E-state index contributed by atoms with van der Waals surface area (Å²) in [4.78, 5) is 23.6. The van der Waals surface area contributed by atoms with E-state index in [1.165, 1.54) is 0 Å². The van der Waals surface area contributed by atoms with E-state index in [-0.39, 0.29) is 24.6 Å². The maximum atomic E-state index is 12.3. The molecule has 20 heavy (non-hydrogen) atoms. The number of hydrogen-bond acceptors (Lipinski definition) is 4. The molecule has 0 aromatic heterocycles. The number of carbonyl (C=O) groups is 2. The highest BCUT2D eigenvalue weighted by Crippen LogP contribution is 2.33. The Labute approximate surface area is 120 Å². The first-order valence-corrected chi connectivity index (χ1v) is 7.70. The molecular weight excluding hydrogens is 256 g/mol. The Bertz CT molecular complexity index is 351. The van der Waals surface area contributed by atoms with Gasteiger partial charge in [0.15, 0.2) is 0 Å². The second-order valence-electron chi connectivity index (χ2n) is 5.83. The third-order valence-electron chi connectivity index (χ3n) is 4.43. The van der Waals surface area contributed by atoms with E-state index < -0.39 is 5.97 Å². The summed E-state index contributed by atoms with van der Waals surface area (Å²) < 4.78 is 10.7. The Hall–Kier alpha value is -1.32. The first kappa shape index (κ1) is 15.1. The van der Waals surface area contributed by atoms with Gasteiger partial charge in [-0.3, -0.25) is 4.79 Å². The van der Waals surface area contributed by atoms with Crippen molar-refractivity contribution in [2.75, 3.05) is 6.61 Å². The number of ether oxygens (including phenoxy) is 2.